The second-order valence-electron chi connectivity index (χ2n) is 8.97. The van der Waals surface area contributed by atoms with Gasteiger partial charge in [-0.05, 0) is 19.3 Å². The van der Waals surface area contributed by atoms with Gasteiger partial charge in [0.25, 0.3) is 5.56 Å². The normalized spacial score (nSPS) is 16.9. The molecule has 10 nitrogen and oxygen atoms in total. The molecule has 1 aliphatic rings. The van der Waals surface area contributed by atoms with Crippen LogP contribution in [0.1, 0.15) is 47.0 Å². The molecule has 10 heteroatoms. The van der Waals surface area contributed by atoms with Crippen LogP contribution in [-0.4, -0.2) is 59.6 Å². The smallest absolute Gasteiger partial charge is 0.330 e. The number of anilines is 2. The van der Waals surface area contributed by atoms with E-state index in [4.69, 9.17) is 10.5 Å². The number of ether oxygens (including phenoxy) is 1. The Morgan fingerprint density at radius 3 is 2.55 bits per heavy atom. The highest BCUT2D eigenvalue weighted by molar-refractivity contribution is 5.97. The summed E-state index contributed by atoms with van der Waals surface area (Å²) in [5.41, 5.74) is 4.28. The van der Waals surface area contributed by atoms with Crippen LogP contribution in [0.4, 0.5) is 11.5 Å². The lowest BCUT2D eigenvalue weighted by Gasteiger charge is -2.37. The van der Waals surface area contributed by atoms with Crippen molar-refractivity contribution in [2.45, 2.75) is 53.5 Å². The van der Waals surface area contributed by atoms with E-state index in [1.165, 1.54) is 16.6 Å². The Labute approximate surface area is 182 Å². The van der Waals surface area contributed by atoms with Crippen molar-refractivity contribution in [1.29, 1.82) is 0 Å². The summed E-state index contributed by atoms with van der Waals surface area (Å²) in [5, 5.41) is 0. The van der Waals surface area contributed by atoms with Crippen molar-refractivity contribution >= 4 is 23.3 Å². The van der Waals surface area contributed by atoms with Crippen LogP contribution in [0, 0.1) is 11.3 Å². The Kier molecular flexibility index (Phi) is 8.05. The molecule has 1 aromatic rings. The first-order valence-electron chi connectivity index (χ1n) is 10.7. The van der Waals surface area contributed by atoms with Crippen molar-refractivity contribution in [3.63, 3.8) is 0 Å². The van der Waals surface area contributed by atoms with Gasteiger partial charge in [-0.1, -0.05) is 27.7 Å². The zero-order valence-electron chi connectivity index (χ0n) is 19.2. The second-order valence-corrected chi connectivity index (χ2v) is 8.97. The summed E-state index contributed by atoms with van der Waals surface area (Å²) in [7, 11) is 1.50. The van der Waals surface area contributed by atoms with E-state index in [-0.39, 0.29) is 43.0 Å². The summed E-state index contributed by atoms with van der Waals surface area (Å²) in [6, 6.07) is 0. The Morgan fingerprint density at radius 1 is 1.29 bits per heavy atom. The van der Waals surface area contributed by atoms with Gasteiger partial charge in [-0.2, -0.15) is 0 Å². The van der Waals surface area contributed by atoms with Crippen molar-refractivity contribution in [2.24, 2.45) is 11.3 Å². The quantitative estimate of drug-likeness (QED) is 0.649. The van der Waals surface area contributed by atoms with Gasteiger partial charge in [0.15, 0.2) is 5.69 Å². The Morgan fingerprint density at radius 2 is 1.97 bits per heavy atom. The number of nitrogen functional groups attached to an aromatic ring is 1. The minimum absolute atomic E-state index is 0.0118. The zero-order chi connectivity index (χ0) is 23.3. The Hall–Kier alpha value is -2.62. The fraction of sp³-hybridized carbons (Fsp3) is 0.714. The van der Waals surface area contributed by atoms with E-state index >= 15 is 0 Å². The maximum absolute atomic E-state index is 13.5. The van der Waals surface area contributed by atoms with Crippen molar-refractivity contribution in [2.75, 3.05) is 44.0 Å². The number of nitrogens with two attached hydrogens (primary N) is 1. The standard InChI is InChI=1S/C21H35N5O5/c1-6-9-26-16(22)15(17(27)23-20(26)30)25(11-12-31-5)18(28)14-8-7-10-24(13-14)19(29)21(2,3)4/h14H,6-13,22H2,1-5H3,(H,23,27,30). The molecule has 1 aliphatic heterocycles. The van der Waals surface area contributed by atoms with Crippen LogP contribution in [0.15, 0.2) is 9.59 Å². The van der Waals surface area contributed by atoms with Crippen LogP contribution in [0.3, 0.4) is 0 Å². The van der Waals surface area contributed by atoms with Crippen molar-refractivity contribution < 1.29 is 14.3 Å². The molecular formula is C21H35N5O5. The molecule has 31 heavy (non-hydrogen) atoms. The third-order valence-electron chi connectivity index (χ3n) is 5.42. The van der Waals surface area contributed by atoms with Gasteiger partial charge in [-0.3, -0.25) is 23.9 Å². The largest absolute Gasteiger partial charge is 0.383 e. The minimum atomic E-state index is -0.710. The van der Waals surface area contributed by atoms with Crippen LogP contribution < -0.4 is 21.9 Å². The number of nitrogens with one attached hydrogen (secondary N) is 1. The van der Waals surface area contributed by atoms with Crippen LogP contribution >= 0.6 is 0 Å². The van der Waals surface area contributed by atoms with E-state index in [9.17, 15) is 19.2 Å². The SMILES string of the molecule is CCCn1c(N)c(N(CCOC)C(=O)C2CCCN(C(=O)C(C)(C)C)C2)c(=O)[nH]c1=O. The number of amides is 2. The first-order chi connectivity index (χ1) is 14.5. The Balaban J connectivity index is 2.42. The first kappa shape index (κ1) is 24.6. The number of hydrogen-bond donors (Lipinski definition) is 2. The van der Waals surface area contributed by atoms with Crippen LogP contribution in [0.25, 0.3) is 0 Å². The number of hydrogen-bond acceptors (Lipinski definition) is 6. The predicted octanol–water partition coefficient (Wildman–Crippen LogP) is 0.793. The molecule has 0 spiro atoms. The van der Waals surface area contributed by atoms with E-state index in [1.54, 1.807) is 4.90 Å². The molecular weight excluding hydrogens is 402 g/mol. The number of aromatic nitrogens is 2. The molecule has 1 aromatic heterocycles. The molecule has 1 unspecified atom stereocenters. The third kappa shape index (κ3) is 5.55. The molecule has 1 atom stereocenters. The monoisotopic (exact) mass is 437 g/mol. The summed E-state index contributed by atoms with van der Waals surface area (Å²) in [6.07, 6.45) is 1.92. The number of likely N-dealkylation sites (tertiary alicyclic amines) is 1. The number of aromatic amines is 1. The summed E-state index contributed by atoms with van der Waals surface area (Å²) in [6.45, 7) is 8.93. The highest BCUT2D eigenvalue weighted by Gasteiger charge is 2.36. The van der Waals surface area contributed by atoms with Gasteiger partial charge < -0.3 is 20.3 Å². The van der Waals surface area contributed by atoms with Gasteiger partial charge in [0.2, 0.25) is 11.8 Å². The maximum Gasteiger partial charge on any atom is 0.330 e. The third-order valence-corrected chi connectivity index (χ3v) is 5.42. The summed E-state index contributed by atoms with van der Waals surface area (Å²) in [4.78, 5) is 56.4. The molecule has 2 amide bonds. The van der Waals surface area contributed by atoms with Gasteiger partial charge in [0.05, 0.1) is 12.5 Å². The second kappa shape index (κ2) is 10.1. The molecule has 0 aliphatic carbocycles. The van der Waals surface area contributed by atoms with Crippen LogP contribution in [-0.2, 0) is 20.9 Å². The molecule has 3 N–H and O–H groups in total. The number of carbonyl (C=O) groups excluding carboxylic acids is 2. The molecule has 174 valence electrons. The molecule has 2 rings (SSSR count). The van der Waals surface area contributed by atoms with Gasteiger partial charge in [-0.15, -0.1) is 0 Å². The predicted molar refractivity (Wildman–Crippen MR) is 119 cm³/mol. The number of nitrogens with zero attached hydrogens (tertiary/aromatic N) is 3. The molecule has 0 aromatic carbocycles. The summed E-state index contributed by atoms with van der Waals surface area (Å²) < 4.78 is 6.40. The van der Waals surface area contributed by atoms with Gasteiger partial charge >= 0.3 is 5.69 Å². The average molecular weight is 438 g/mol. The lowest BCUT2D eigenvalue weighted by Crippen LogP contribution is -2.51. The number of carbonyl (C=O) groups is 2. The number of rotatable bonds is 7. The van der Waals surface area contributed by atoms with Crippen LogP contribution in [0.2, 0.25) is 0 Å². The number of H-pyrrole nitrogens is 1. The van der Waals surface area contributed by atoms with Gasteiger partial charge in [0, 0.05) is 38.7 Å². The number of piperidine rings is 1. The molecule has 0 radical (unpaired) electrons. The summed E-state index contributed by atoms with van der Waals surface area (Å²) >= 11 is 0. The van der Waals surface area contributed by atoms with E-state index in [0.29, 0.717) is 32.4 Å². The fourth-order valence-corrected chi connectivity index (χ4v) is 3.86. The average Bonchev–Trinajstić information content (AvgIpc) is 2.71. The van der Waals surface area contributed by atoms with E-state index in [1.807, 2.05) is 27.7 Å². The van der Waals surface area contributed by atoms with Gasteiger partial charge in [-0.25, -0.2) is 4.79 Å². The lowest BCUT2D eigenvalue weighted by atomic mass is 9.90. The topological polar surface area (TPSA) is 131 Å². The fourth-order valence-electron chi connectivity index (χ4n) is 3.86. The minimum Gasteiger partial charge on any atom is -0.383 e. The molecule has 1 fully saturated rings. The van der Waals surface area contributed by atoms with Crippen molar-refractivity contribution in [1.82, 2.24) is 14.5 Å². The van der Waals surface area contributed by atoms with Crippen LogP contribution in [0.5, 0.6) is 0 Å². The van der Waals surface area contributed by atoms with E-state index in [2.05, 4.69) is 4.98 Å². The molecule has 0 saturated carbocycles. The molecule has 2 heterocycles. The molecule has 0 bridgehead atoms. The lowest BCUT2D eigenvalue weighted by molar-refractivity contribution is -0.142. The molecule has 1 saturated heterocycles. The highest BCUT2D eigenvalue weighted by Crippen LogP contribution is 2.27. The van der Waals surface area contributed by atoms with E-state index in [0.717, 1.165) is 0 Å². The van der Waals surface area contributed by atoms with Gasteiger partial charge in [0.1, 0.15) is 5.82 Å². The first-order valence-corrected chi connectivity index (χ1v) is 10.7. The van der Waals surface area contributed by atoms with E-state index < -0.39 is 22.6 Å². The maximum atomic E-state index is 13.5. The highest BCUT2D eigenvalue weighted by atomic mass is 16.5. The van der Waals surface area contributed by atoms with Crippen molar-refractivity contribution in [3.05, 3.63) is 20.8 Å². The summed E-state index contributed by atoms with van der Waals surface area (Å²) in [5.74, 6) is -0.828. The zero-order valence-corrected chi connectivity index (χ0v) is 19.2. The Bertz CT molecular complexity index is 914. The number of methoxy groups -OCH3 is 1. The van der Waals surface area contributed by atoms with Crippen molar-refractivity contribution in [3.8, 4) is 0 Å².